The molecule has 2 N–H and O–H groups in total. The van der Waals surface area contributed by atoms with Crippen LogP contribution in [0.4, 0.5) is 10.1 Å². The highest BCUT2D eigenvalue weighted by molar-refractivity contribution is 6.33. The van der Waals surface area contributed by atoms with Crippen LogP contribution in [0.3, 0.4) is 0 Å². The zero-order valence-corrected chi connectivity index (χ0v) is 9.99. The van der Waals surface area contributed by atoms with E-state index in [1.165, 1.54) is 12.1 Å². The van der Waals surface area contributed by atoms with Crippen LogP contribution in [0.1, 0.15) is 12.5 Å². The van der Waals surface area contributed by atoms with Gasteiger partial charge >= 0.3 is 0 Å². The molecule has 0 aliphatic carbocycles. The van der Waals surface area contributed by atoms with E-state index >= 15 is 0 Å². The third-order valence-electron chi connectivity index (χ3n) is 2.06. The van der Waals surface area contributed by atoms with Crippen molar-refractivity contribution in [3.05, 3.63) is 28.5 Å². The molecule has 0 heterocycles. The number of amides is 1. The minimum Gasteiger partial charge on any atom is -0.324 e. The van der Waals surface area contributed by atoms with Gasteiger partial charge in [0, 0.05) is 0 Å². The number of carbonyl (C=O) groups excluding carboxylic acids is 1. The predicted molar refractivity (Wildman–Crippen MR) is 63.3 cm³/mol. The first-order valence-electron chi connectivity index (χ1n) is 5.00. The molecular weight excluding hydrogens is 231 g/mol. The Kier molecular flexibility index (Phi) is 4.71. The van der Waals surface area contributed by atoms with Gasteiger partial charge in [-0.15, -0.1) is 0 Å². The van der Waals surface area contributed by atoms with Gasteiger partial charge < -0.3 is 10.6 Å². The summed E-state index contributed by atoms with van der Waals surface area (Å²) in [4.78, 5) is 11.4. The smallest absolute Gasteiger partial charge is 0.238 e. The number of carbonyl (C=O) groups is 1. The van der Waals surface area contributed by atoms with Crippen LogP contribution in [-0.2, 0) is 4.79 Å². The molecule has 0 saturated carbocycles. The fourth-order valence-corrected chi connectivity index (χ4v) is 1.44. The standard InChI is InChI=1S/C11H14ClFN2O/c1-3-14-6-11(16)15-10-5-9(13)7(2)4-8(10)12/h4-5,14H,3,6H2,1-2H3,(H,15,16). The molecule has 1 aromatic rings. The van der Waals surface area contributed by atoms with Gasteiger partial charge in [0.1, 0.15) is 5.82 Å². The number of likely N-dealkylation sites (N-methyl/N-ethyl adjacent to an activating group) is 1. The van der Waals surface area contributed by atoms with Gasteiger partial charge in [-0.25, -0.2) is 4.39 Å². The van der Waals surface area contributed by atoms with Crippen molar-refractivity contribution in [1.29, 1.82) is 0 Å². The molecular formula is C11H14ClFN2O. The summed E-state index contributed by atoms with van der Waals surface area (Å²) in [5, 5.41) is 5.74. The van der Waals surface area contributed by atoms with E-state index in [9.17, 15) is 9.18 Å². The lowest BCUT2D eigenvalue weighted by Crippen LogP contribution is -2.27. The van der Waals surface area contributed by atoms with Crippen LogP contribution in [0.5, 0.6) is 0 Å². The van der Waals surface area contributed by atoms with Crippen molar-refractivity contribution in [2.75, 3.05) is 18.4 Å². The highest BCUT2D eigenvalue weighted by atomic mass is 35.5. The maximum absolute atomic E-state index is 13.2. The topological polar surface area (TPSA) is 41.1 Å². The SMILES string of the molecule is CCNCC(=O)Nc1cc(F)c(C)cc1Cl. The molecule has 0 aliphatic rings. The number of halogens is 2. The van der Waals surface area contributed by atoms with Crippen molar-refractivity contribution in [2.24, 2.45) is 0 Å². The molecule has 5 heteroatoms. The summed E-state index contributed by atoms with van der Waals surface area (Å²) in [6.45, 7) is 4.39. The lowest BCUT2D eigenvalue weighted by molar-refractivity contribution is -0.115. The third-order valence-corrected chi connectivity index (χ3v) is 2.37. The number of benzene rings is 1. The molecule has 0 spiro atoms. The zero-order chi connectivity index (χ0) is 12.1. The second kappa shape index (κ2) is 5.82. The molecule has 0 bridgehead atoms. The Morgan fingerprint density at radius 3 is 2.81 bits per heavy atom. The Labute approximate surface area is 99.0 Å². The molecule has 1 rings (SSSR count). The summed E-state index contributed by atoms with van der Waals surface area (Å²) >= 11 is 5.88. The minimum absolute atomic E-state index is 0.183. The predicted octanol–water partition coefficient (Wildman–Crippen LogP) is 2.34. The average molecular weight is 245 g/mol. The molecule has 0 saturated heterocycles. The Balaban J connectivity index is 2.73. The largest absolute Gasteiger partial charge is 0.324 e. The highest BCUT2D eigenvalue weighted by Gasteiger charge is 2.08. The number of anilines is 1. The Morgan fingerprint density at radius 2 is 2.19 bits per heavy atom. The van der Waals surface area contributed by atoms with Crippen molar-refractivity contribution in [2.45, 2.75) is 13.8 Å². The van der Waals surface area contributed by atoms with Crippen molar-refractivity contribution in [3.8, 4) is 0 Å². The van der Waals surface area contributed by atoms with Crippen molar-refractivity contribution in [3.63, 3.8) is 0 Å². The fourth-order valence-electron chi connectivity index (χ4n) is 1.18. The van der Waals surface area contributed by atoms with Crippen LogP contribution in [0.15, 0.2) is 12.1 Å². The lowest BCUT2D eigenvalue weighted by Gasteiger charge is -2.08. The van der Waals surface area contributed by atoms with Gasteiger partial charge in [-0.05, 0) is 31.2 Å². The van der Waals surface area contributed by atoms with Gasteiger partial charge in [-0.3, -0.25) is 4.79 Å². The summed E-state index contributed by atoms with van der Waals surface area (Å²) in [6.07, 6.45) is 0. The Bertz CT molecular complexity index is 396. The zero-order valence-electron chi connectivity index (χ0n) is 9.23. The first kappa shape index (κ1) is 12.9. The normalized spacial score (nSPS) is 10.2. The van der Waals surface area contributed by atoms with Crippen LogP contribution < -0.4 is 10.6 Å². The van der Waals surface area contributed by atoms with Crippen molar-refractivity contribution >= 4 is 23.2 Å². The second-order valence-electron chi connectivity index (χ2n) is 3.41. The van der Waals surface area contributed by atoms with E-state index in [2.05, 4.69) is 10.6 Å². The van der Waals surface area contributed by atoms with E-state index in [0.717, 1.165) is 0 Å². The van der Waals surface area contributed by atoms with Crippen molar-refractivity contribution < 1.29 is 9.18 Å². The van der Waals surface area contributed by atoms with Crippen LogP contribution in [0.25, 0.3) is 0 Å². The van der Waals surface area contributed by atoms with Crippen molar-refractivity contribution in [1.82, 2.24) is 5.32 Å². The minimum atomic E-state index is -0.386. The van der Waals surface area contributed by atoms with E-state index in [-0.39, 0.29) is 18.3 Å². The molecule has 16 heavy (non-hydrogen) atoms. The van der Waals surface area contributed by atoms with Crippen LogP contribution in [0, 0.1) is 12.7 Å². The van der Waals surface area contributed by atoms with Gasteiger partial charge in [0.2, 0.25) is 5.91 Å². The molecule has 0 unspecified atom stereocenters. The van der Waals surface area contributed by atoms with E-state index < -0.39 is 0 Å². The molecule has 3 nitrogen and oxygen atoms in total. The summed E-state index contributed by atoms with van der Waals surface area (Å²) in [6, 6.07) is 2.71. The first-order valence-corrected chi connectivity index (χ1v) is 5.38. The number of hydrogen-bond acceptors (Lipinski definition) is 2. The summed E-state index contributed by atoms with van der Waals surface area (Å²) in [7, 11) is 0. The Hall–Kier alpha value is -1.13. The molecule has 0 radical (unpaired) electrons. The Morgan fingerprint density at radius 1 is 1.50 bits per heavy atom. The molecule has 0 aliphatic heterocycles. The number of aryl methyl sites for hydroxylation is 1. The highest BCUT2D eigenvalue weighted by Crippen LogP contribution is 2.24. The summed E-state index contributed by atoms with van der Waals surface area (Å²) in [5.41, 5.74) is 0.752. The lowest BCUT2D eigenvalue weighted by atomic mass is 10.2. The summed E-state index contributed by atoms with van der Waals surface area (Å²) < 4.78 is 13.2. The molecule has 1 amide bonds. The summed E-state index contributed by atoms with van der Waals surface area (Å²) in [5.74, 6) is -0.629. The third kappa shape index (κ3) is 3.47. The van der Waals surface area contributed by atoms with E-state index in [1.54, 1.807) is 6.92 Å². The first-order chi connectivity index (χ1) is 7.54. The van der Waals surface area contributed by atoms with E-state index in [1.807, 2.05) is 6.92 Å². The van der Waals surface area contributed by atoms with Gasteiger partial charge in [0.15, 0.2) is 0 Å². The number of rotatable bonds is 4. The van der Waals surface area contributed by atoms with E-state index in [0.29, 0.717) is 22.8 Å². The molecule has 88 valence electrons. The van der Waals surface area contributed by atoms with Gasteiger partial charge in [-0.2, -0.15) is 0 Å². The number of hydrogen-bond donors (Lipinski definition) is 2. The fraction of sp³-hybridized carbons (Fsp3) is 0.364. The van der Waals surface area contributed by atoms with Crippen LogP contribution in [0.2, 0.25) is 5.02 Å². The maximum atomic E-state index is 13.2. The molecule has 0 aromatic heterocycles. The molecule has 1 aromatic carbocycles. The van der Waals surface area contributed by atoms with Gasteiger partial charge in [-0.1, -0.05) is 18.5 Å². The average Bonchev–Trinajstić information content (AvgIpc) is 2.23. The monoisotopic (exact) mass is 244 g/mol. The maximum Gasteiger partial charge on any atom is 0.238 e. The number of nitrogens with one attached hydrogen (secondary N) is 2. The quantitative estimate of drug-likeness (QED) is 0.854. The molecule has 0 atom stereocenters. The van der Waals surface area contributed by atoms with Crippen LogP contribution >= 0.6 is 11.6 Å². The van der Waals surface area contributed by atoms with Crippen LogP contribution in [-0.4, -0.2) is 19.0 Å². The second-order valence-corrected chi connectivity index (χ2v) is 3.82. The van der Waals surface area contributed by atoms with E-state index in [4.69, 9.17) is 11.6 Å². The van der Waals surface area contributed by atoms with Gasteiger partial charge in [0.05, 0.1) is 17.3 Å². The van der Waals surface area contributed by atoms with Gasteiger partial charge in [0.25, 0.3) is 0 Å². The molecule has 0 fully saturated rings.